The van der Waals surface area contributed by atoms with Crippen molar-refractivity contribution in [2.24, 2.45) is 0 Å². The van der Waals surface area contributed by atoms with Crippen LogP contribution in [0.25, 0.3) is 11.0 Å². The van der Waals surface area contributed by atoms with E-state index in [1.165, 1.54) is 11.3 Å². The van der Waals surface area contributed by atoms with Crippen LogP contribution in [0.4, 0.5) is 5.95 Å². The normalized spacial score (nSPS) is 11.0. The summed E-state index contributed by atoms with van der Waals surface area (Å²) in [7, 11) is 0. The van der Waals surface area contributed by atoms with Crippen LogP contribution in [0.5, 0.6) is 0 Å². The fourth-order valence-electron chi connectivity index (χ4n) is 2.25. The zero-order valence-corrected chi connectivity index (χ0v) is 14.7. The van der Waals surface area contributed by atoms with Crippen molar-refractivity contribution < 1.29 is 4.79 Å². The first-order valence-corrected chi connectivity index (χ1v) is 8.65. The second-order valence-electron chi connectivity index (χ2n) is 4.74. The topological polar surface area (TPSA) is 59.8 Å². The van der Waals surface area contributed by atoms with Crippen molar-refractivity contribution in [2.45, 2.75) is 26.8 Å². The number of aromatic nitrogens is 3. The van der Waals surface area contributed by atoms with E-state index in [1.807, 2.05) is 36.6 Å². The molecule has 0 saturated carbocycles. The Morgan fingerprint density at radius 3 is 2.91 bits per heavy atom. The third-order valence-electron chi connectivity index (χ3n) is 3.33. The lowest BCUT2D eigenvalue weighted by Gasteiger charge is -2.06. The van der Waals surface area contributed by atoms with Crippen molar-refractivity contribution in [3.05, 3.63) is 38.8 Å². The number of thiazole rings is 1. The van der Waals surface area contributed by atoms with Gasteiger partial charge in [-0.3, -0.25) is 10.1 Å². The lowest BCUT2D eigenvalue weighted by Crippen LogP contribution is -2.14. The molecule has 0 aliphatic carbocycles. The van der Waals surface area contributed by atoms with E-state index < -0.39 is 0 Å². The van der Waals surface area contributed by atoms with Gasteiger partial charge in [0.15, 0.2) is 0 Å². The van der Waals surface area contributed by atoms with Crippen LogP contribution in [0.1, 0.15) is 28.5 Å². The molecule has 0 unspecified atom stereocenters. The van der Waals surface area contributed by atoms with Gasteiger partial charge in [-0.15, -0.1) is 11.3 Å². The summed E-state index contributed by atoms with van der Waals surface area (Å²) >= 11 is 4.88. The Bertz CT molecular complexity index is 839. The first kappa shape index (κ1) is 15.2. The van der Waals surface area contributed by atoms with Gasteiger partial charge in [0.2, 0.25) is 5.95 Å². The van der Waals surface area contributed by atoms with Gasteiger partial charge in [0.25, 0.3) is 5.91 Å². The Balaban J connectivity index is 1.94. The van der Waals surface area contributed by atoms with Crippen LogP contribution in [0.3, 0.4) is 0 Å². The van der Waals surface area contributed by atoms with Crippen LogP contribution in [0, 0.1) is 0 Å². The summed E-state index contributed by atoms with van der Waals surface area (Å²) in [4.78, 5) is 21.7. The van der Waals surface area contributed by atoms with Gasteiger partial charge >= 0.3 is 0 Å². The minimum atomic E-state index is -0.165. The molecule has 3 rings (SSSR count). The van der Waals surface area contributed by atoms with Gasteiger partial charge in [-0.1, -0.05) is 22.9 Å². The maximum Gasteiger partial charge on any atom is 0.269 e. The second kappa shape index (κ2) is 6.18. The minimum absolute atomic E-state index is 0.165. The third kappa shape index (κ3) is 2.78. The molecule has 0 saturated heterocycles. The number of nitrogens with zero attached hydrogens (tertiary/aromatic N) is 3. The third-order valence-corrected chi connectivity index (χ3v) is 4.97. The Morgan fingerprint density at radius 2 is 2.23 bits per heavy atom. The number of carbonyl (C=O) groups excluding carboxylic acids is 1. The smallest absolute Gasteiger partial charge is 0.269 e. The highest BCUT2D eigenvalue weighted by molar-refractivity contribution is 9.10. The number of carbonyl (C=O) groups is 1. The van der Waals surface area contributed by atoms with E-state index in [1.54, 1.807) is 6.20 Å². The number of nitrogens with one attached hydrogen (secondary N) is 1. The average Bonchev–Trinajstić information content (AvgIpc) is 3.10. The van der Waals surface area contributed by atoms with Crippen LogP contribution in [0.15, 0.2) is 28.9 Å². The fraction of sp³-hybridized carbons (Fsp3) is 0.267. The first-order chi connectivity index (χ1) is 10.6. The molecule has 22 heavy (non-hydrogen) atoms. The summed E-state index contributed by atoms with van der Waals surface area (Å²) in [6.45, 7) is 4.78. The van der Waals surface area contributed by atoms with Crippen LogP contribution < -0.4 is 5.32 Å². The number of hydrogen-bond acceptors (Lipinski definition) is 4. The van der Waals surface area contributed by atoms with Crippen molar-refractivity contribution in [2.75, 3.05) is 5.32 Å². The van der Waals surface area contributed by atoms with E-state index in [-0.39, 0.29) is 5.91 Å². The highest BCUT2D eigenvalue weighted by atomic mass is 79.9. The van der Waals surface area contributed by atoms with E-state index >= 15 is 0 Å². The summed E-state index contributed by atoms with van der Waals surface area (Å²) < 4.78 is 2.97. The van der Waals surface area contributed by atoms with Crippen molar-refractivity contribution in [3.63, 3.8) is 0 Å². The minimum Gasteiger partial charge on any atom is -0.310 e. The standard InChI is InChI=1S/C15H15BrN4OS/c1-3-13-17-8-12(22-13)14(21)19-15-18-10-6-5-9(16)7-11(10)20(15)4-2/h5-8H,3-4H2,1-2H3,(H,18,19,21). The Kier molecular flexibility index (Phi) is 4.26. The molecule has 1 N–H and O–H groups in total. The van der Waals surface area contributed by atoms with Gasteiger partial charge in [-0.2, -0.15) is 0 Å². The van der Waals surface area contributed by atoms with E-state index in [4.69, 9.17) is 0 Å². The summed E-state index contributed by atoms with van der Waals surface area (Å²) in [5.41, 5.74) is 1.85. The monoisotopic (exact) mass is 378 g/mol. The number of fused-ring (bicyclic) bond motifs is 1. The molecule has 2 aromatic heterocycles. The van der Waals surface area contributed by atoms with Crippen molar-refractivity contribution in [3.8, 4) is 0 Å². The van der Waals surface area contributed by atoms with Crippen molar-refractivity contribution in [1.82, 2.24) is 14.5 Å². The number of aryl methyl sites for hydroxylation is 2. The van der Waals surface area contributed by atoms with E-state index in [0.717, 1.165) is 33.5 Å². The zero-order valence-electron chi connectivity index (χ0n) is 12.3. The molecule has 5 nitrogen and oxygen atoms in total. The highest BCUT2D eigenvalue weighted by Gasteiger charge is 2.15. The predicted molar refractivity (Wildman–Crippen MR) is 92.6 cm³/mol. The number of amides is 1. The molecular formula is C15H15BrN4OS. The Morgan fingerprint density at radius 1 is 1.41 bits per heavy atom. The van der Waals surface area contributed by atoms with Crippen LogP contribution in [-0.4, -0.2) is 20.4 Å². The molecule has 3 aromatic rings. The Labute approximate surface area is 140 Å². The number of hydrogen-bond donors (Lipinski definition) is 1. The molecule has 0 aliphatic rings. The molecule has 0 aliphatic heterocycles. The SMILES string of the molecule is CCc1ncc(C(=O)Nc2nc3ccc(Br)cc3n2CC)s1. The van der Waals surface area contributed by atoms with Gasteiger partial charge in [0.1, 0.15) is 4.88 Å². The summed E-state index contributed by atoms with van der Waals surface area (Å²) in [6.07, 6.45) is 2.45. The second-order valence-corrected chi connectivity index (χ2v) is 6.77. The molecule has 114 valence electrons. The van der Waals surface area contributed by atoms with Gasteiger partial charge in [0.05, 0.1) is 22.2 Å². The van der Waals surface area contributed by atoms with Crippen LogP contribution >= 0.6 is 27.3 Å². The number of halogens is 1. The largest absolute Gasteiger partial charge is 0.310 e. The van der Waals surface area contributed by atoms with Crippen LogP contribution in [-0.2, 0) is 13.0 Å². The first-order valence-electron chi connectivity index (χ1n) is 7.04. The maximum atomic E-state index is 12.4. The molecular weight excluding hydrogens is 364 g/mol. The van der Waals surface area contributed by atoms with E-state index in [2.05, 4.69) is 31.2 Å². The van der Waals surface area contributed by atoms with Crippen molar-refractivity contribution in [1.29, 1.82) is 0 Å². The molecule has 2 heterocycles. The van der Waals surface area contributed by atoms with E-state index in [0.29, 0.717) is 10.8 Å². The molecule has 0 fully saturated rings. The highest BCUT2D eigenvalue weighted by Crippen LogP contribution is 2.24. The average molecular weight is 379 g/mol. The van der Waals surface area contributed by atoms with Gasteiger partial charge in [-0.25, -0.2) is 9.97 Å². The number of imidazole rings is 1. The molecule has 1 amide bonds. The van der Waals surface area contributed by atoms with Gasteiger partial charge < -0.3 is 4.57 Å². The Hall–Kier alpha value is -1.73. The molecule has 0 atom stereocenters. The van der Waals surface area contributed by atoms with E-state index in [9.17, 15) is 4.79 Å². The summed E-state index contributed by atoms with van der Waals surface area (Å²) in [5, 5.41) is 3.85. The fourth-order valence-corrected chi connectivity index (χ4v) is 3.35. The van der Waals surface area contributed by atoms with Crippen LogP contribution in [0.2, 0.25) is 0 Å². The summed E-state index contributed by atoms with van der Waals surface area (Å²) in [5.74, 6) is 0.397. The molecule has 1 aromatic carbocycles. The zero-order chi connectivity index (χ0) is 15.7. The lowest BCUT2D eigenvalue weighted by molar-refractivity contribution is 0.102. The summed E-state index contributed by atoms with van der Waals surface area (Å²) in [6, 6.07) is 5.88. The molecule has 0 spiro atoms. The van der Waals surface area contributed by atoms with Gasteiger partial charge in [0, 0.05) is 11.0 Å². The van der Waals surface area contributed by atoms with Crippen molar-refractivity contribution >= 4 is 50.2 Å². The number of rotatable bonds is 4. The molecule has 7 heteroatoms. The quantitative estimate of drug-likeness (QED) is 0.743. The predicted octanol–water partition coefficient (Wildman–Crippen LogP) is 4.09. The van der Waals surface area contributed by atoms with Gasteiger partial charge in [-0.05, 0) is 31.5 Å². The molecule has 0 radical (unpaired) electrons. The number of anilines is 1. The number of benzene rings is 1. The maximum absolute atomic E-state index is 12.4. The molecule has 0 bridgehead atoms. The lowest BCUT2D eigenvalue weighted by atomic mass is 10.3.